The van der Waals surface area contributed by atoms with Gasteiger partial charge in [0.05, 0.1) is 11.9 Å². The van der Waals surface area contributed by atoms with Gasteiger partial charge >= 0.3 is 6.17 Å². The summed E-state index contributed by atoms with van der Waals surface area (Å²) in [6.07, 6.45) is 4.86. The van der Waals surface area contributed by atoms with E-state index in [1.807, 2.05) is 0 Å². The molecule has 0 aliphatic carbocycles. The topological polar surface area (TPSA) is 73.8 Å². The van der Waals surface area contributed by atoms with E-state index in [0.29, 0.717) is 0 Å². The van der Waals surface area contributed by atoms with Gasteiger partial charge in [0.15, 0.2) is 0 Å². The fourth-order valence-electron chi connectivity index (χ4n) is 1.40. The molecule has 1 atom stereocenters. The first-order valence-corrected chi connectivity index (χ1v) is 5.19. The quantitative estimate of drug-likeness (QED) is 0.409. The average molecular weight is 212 g/mol. The molecule has 1 heterocycles. The molecular formula is C9H16N4O2. The Morgan fingerprint density at radius 1 is 1.60 bits per heavy atom. The lowest BCUT2D eigenvalue weighted by Gasteiger charge is -2.06. The Labute approximate surface area is 88.4 Å². The molecule has 0 N–H and O–H groups in total. The maximum absolute atomic E-state index is 10.6. The van der Waals surface area contributed by atoms with Crippen molar-refractivity contribution in [1.82, 2.24) is 15.0 Å². The maximum Gasteiger partial charge on any atom is 0.303 e. The molecule has 6 heteroatoms. The second-order valence-corrected chi connectivity index (χ2v) is 3.54. The van der Waals surface area contributed by atoms with E-state index < -0.39 is 6.17 Å². The molecule has 0 fully saturated rings. The highest BCUT2D eigenvalue weighted by Crippen LogP contribution is 2.11. The molecule has 0 aliphatic heterocycles. The molecule has 1 unspecified atom stereocenters. The van der Waals surface area contributed by atoms with Crippen molar-refractivity contribution in [3.8, 4) is 0 Å². The Bertz CT molecular complexity index is 324. The van der Waals surface area contributed by atoms with E-state index in [1.54, 1.807) is 6.20 Å². The molecule has 0 aromatic carbocycles. The zero-order chi connectivity index (χ0) is 11.3. The number of aromatic nitrogens is 3. The van der Waals surface area contributed by atoms with Crippen molar-refractivity contribution in [2.45, 2.75) is 45.7 Å². The fourth-order valence-corrected chi connectivity index (χ4v) is 1.40. The molecular weight excluding hydrogens is 196 g/mol. The van der Waals surface area contributed by atoms with Crippen molar-refractivity contribution >= 4 is 0 Å². The van der Waals surface area contributed by atoms with Crippen LogP contribution in [0.4, 0.5) is 0 Å². The van der Waals surface area contributed by atoms with Gasteiger partial charge in [-0.3, -0.25) is 10.1 Å². The van der Waals surface area contributed by atoms with Crippen LogP contribution in [0.3, 0.4) is 0 Å². The predicted octanol–water partition coefficient (Wildman–Crippen LogP) is 1.81. The summed E-state index contributed by atoms with van der Waals surface area (Å²) in [6.45, 7) is 3.63. The molecule has 6 nitrogen and oxygen atoms in total. The predicted molar refractivity (Wildman–Crippen MR) is 55.0 cm³/mol. The molecule has 1 rings (SSSR count). The highest BCUT2D eigenvalue weighted by atomic mass is 16.6. The Morgan fingerprint density at radius 3 is 2.93 bits per heavy atom. The number of unbranched alkanes of at least 4 members (excludes halogenated alkanes) is 2. The second-order valence-electron chi connectivity index (χ2n) is 3.54. The second kappa shape index (κ2) is 5.43. The van der Waals surface area contributed by atoms with Crippen LogP contribution >= 0.6 is 0 Å². The molecule has 0 bridgehead atoms. The maximum atomic E-state index is 10.6. The summed E-state index contributed by atoms with van der Waals surface area (Å²) in [5.41, 5.74) is 0.840. The average Bonchev–Trinajstić information content (AvgIpc) is 2.65. The summed E-state index contributed by atoms with van der Waals surface area (Å²) < 4.78 is 1.38. The number of nitro groups is 1. The monoisotopic (exact) mass is 212 g/mol. The zero-order valence-electron chi connectivity index (χ0n) is 9.09. The van der Waals surface area contributed by atoms with Gasteiger partial charge in [-0.2, -0.15) is 4.68 Å². The van der Waals surface area contributed by atoms with Crippen LogP contribution in [0.5, 0.6) is 0 Å². The SMILES string of the molecule is CCCCCc1cnnn1C(C)[N+](=O)[O-]. The first kappa shape index (κ1) is 11.6. The van der Waals surface area contributed by atoms with E-state index in [9.17, 15) is 10.1 Å². The van der Waals surface area contributed by atoms with Gasteiger partial charge < -0.3 is 0 Å². The number of hydrogen-bond donors (Lipinski definition) is 0. The third-order valence-corrected chi connectivity index (χ3v) is 2.34. The van der Waals surface area contributed by atoms with Gasteiger partial charge in [0.2, 0.25) is 0 Å². The molecule has 1 aromatic rings. The van der Waals surface area contributed by atoms with E-state index in [4.69, 9.17) is 0 Å². The minimum atomic E-state index is -0.830. The van der Waals surface area contributed by atoms with Crippen LogP contribution in [0.1, 0.15) is 45.0 Å². The first-order valence-electron chi connectivity index (χ1n) is 5.19. The highest BCUT2D eigenvalue weighted by Gasteiger charge is 2.19. The van der Waals surface area contributed by atoms with Crippen LogP contribution in [0.15, 0.2) is 6.20 Å². The van der Waals surface area contributed by atoms with E-state index in [2.05, 4.69) is 17.2 Å². The molecule has 0 radical (unpaired) electrons. The van der Waals surface area contributed by atoms with Gasteiger partial charge in [0.25, 0.3) is 0 Å². The van der Waals surface area contributed by atoms with Gasteiger partial charge in [0, 0.05) is 11.8 Å². The van der Waals surface area contributed by atoms with Gasteiger partial charge in [-0.1, -0.05) is 25.0 Å². The summed E-state index contributed by atoms with van der Waals surface area (Å²) in [7, 11) is 0. The summed E-state index contributed by atoms with van der Waals surface area (Å²) in [5.74, 6) is 0. The van der Waals surface area contributed by atoms with Crippen molar-refractivity contribution in [2.75, 3.05) is 0 Å². The van der Waals surface area contributed by atoms with Crippen LogP contribution in [0.2, 0.25) is 0 Å². The van der Waals surface area contributed by atoms with Crippen LogP contribution < -0.4 is 0 Å². The highest BCUT2D eigenvalue weighted by molar-refractivity contribution is 4.94. The lowest BCUT2D eigenvalue weighted by Crippen LogP contribution is -2.18. The van der Waals surface area contributed by atoms with Crippen LogP contribution in [0, 0.1) is 10.1 Å². The molecule has 1 aromatic heterocycles. The van der Waals surface area contributed by atoms with E-state index in [-0.39, 0.29) is 4.92 Å². The number of rotatable bonds is 6. The van der Waals surface area contributed by atoms with Gasteiger partial charge in [-0.25, -0.2) is 0 Å². The van der Waals surface area contributed by atoms with Crippen LogP contribution in [0.25, 0.3) is 0 Å². The number of nitrogens with zero attached hydrogens (tertiary/aromatic N) is 4. The van der Waals surface area contributed by atoms with E-state index in [0.717, 1.165) is 31.4 Å². The molecule has 84 valence electrons. The van der Waals surface area contributed by atoms with Crippen molar-refractivity contribution in [2.24, 2.45) is 0 Å². The number of hydrogen-bond acceptors (Lipinski definition) is 4. The Balaban J connectivity index is 2.64. The van der Waals surface area contributed by atoms with Crippen molar-refractivity contribution < 1.29 is 4.92 Å². The van der Waals surface area contributed by atoms with Crippen molar-refractivity contribution in [3.63, 3.8) is 0 Å². The lowest BCUT2D eigenvalue weighted by atomic mass is 10.2. The first-order chi connectivity index (χ1) is 7.16. The van der Waals surface area contributed by atoms with Crippen LogP contribution in [-0.2, 0) is 6.42 Å². The molecule has 0 spiro atoms. The van der Waals surface area contributed by atoms with Crippen molar-refractivity contribution in [1.29, 1.82) is 0 Å². The Morgan fingerprint density at radius 2 is 2.33 bits per heavy atom. The summed E-state index contributed by atoms with van der Waals surface area (Å²) in [4.78, 5) is 10.2. The van der Waals surface area contributed by atoms with Gasteiger partial charge in [-0.15, -0.1) is 5.10 Å². The normalized spacial score (nSPS) is 12.7. The third-order valence-electron chi connectivity index (χ3n) is 2.34. The molecule has 15 heavy (non-hydrogen) atoms. The smallest absolute Gasteiger partial charge is 0.262 e. The summed E-state index contributed by atoms with van der Waals surface area (Å²) in [5, 5.41) is 18.1. The molecule has 0 saturated heterocycles. The molecule has 0 aliphatic rings. The van der Waals surface area contributed by atoms with Crippen LogP contribution in [-0.4, -0.2) is 19.9 Å². The fraction of sp³-hybridized carbons (Fsp3) is 0.778. The number of aryl methyl sites for hydroxylation is 1. The lowest BCUT2D eigenvalue weighted by molar-refractivity contribution is -0.545. The van der Waals surface area contributed by atoms with E-state index >= 15 is 0 Å². The molecule has 0 saturated carbocycles. The van der Waals surface area contributed by atoms with Gasteiger partial charge in [-0.05, 0) is 12.8 Å². The third kappa shape index (κ3) is 3.00. The standard InChI is InChI=1S/C9H16N4O2/c1-3-4-5-6-9-7-10-11-12(9)8(2)13(14)15/h7-8H,3-6H2,1-2H3. The minimum absolute atomic E-state index is 0.363. The van der Waals surface area contributed by atoms with Crippen molar-refractivity contribution in [3.05, 3.63) is 22.0 Å². The molecule has 0 amide bonds. The zero-order valence-corrected chi connectivity index (χ0v) is 9.09. The minimum Gasteiger partial charge on any atom is -0.262 e. The van der Waals surface area contributed by atoms with E-state index in [1.165, 1.54) is 11.6 Å². The largest absolute Gasteiger partial charge is 0.303 e. The Hall–Kier alpha value is -1.46. The van der Waals surface area contributed by atoms with Gasteiger partial charge in [0.1, 0.15) is 0 Å². The summed E-state index contributed by atoms with van der Waals surface area (Å²) in [6, 6.07) is 0. The summed E-state index contributed by atoms with van der Waals surface area (Å²) >= 11 is 0. The Kier molecular flexibility index (Phi) is 4.20.